The van der Waals surface area contributed by atoms with Gasteiger partial charge in [0.2, 0.25) is 0 Å². The molecule has 0 saturated carbocycles. The average Bonchev–Trinajstić information content (AvgIpc) is 2.85. The number of benzene rings is 2. The molecule has 0 radical (unpaired) electrons. The molecule has 0 aliphatic carbocycles. The molecule has 0 bridgehead atoms. The number of rotatable bonds is 3. The van der Waals surface area contributed by atoms with Crippen LogP contribution < -0.4 is 5.32 Å². The van der Waals surface area contributed by atoms with Gasteiger partial charge in [-0.1, -0.05) is 42.3 Å². The molecular formula is C21H21Cl2N3. The van der Waals surface area contributed by atoms with E-state index in [-0.39, 0.29) is 0 Å². The van der Waals surface area contributed by atoms with Crippen LogP contribution in [0.5, 0.6) is 0 Å². The van der Waals surface area contributed by atoms with Crippen LogP contribution in [0.15, 0.2) is 42.5 Å². The molecule has 2 heterocycles. The van der Waals surface area contributed by atoms with Gasteiger partial charge in [0.15, 0.2) is 0 Å². The third kappa shape index (κ3) is 3.22. The third-order valence-electron chi connectivity index (χ3n) is 4.90. The van der Waals surface area contributed by atoms with Gasteiger partial charge in [-0.25, -0.2) is 4.68 Å². The summed E-state index contributed by atoms with van der Waals surface area (Å²) in [6.07, 6.45) is 4.28. The number of nitrogens with zero attached hydrogens (tertiary/aromatic N) is 2. The first-order chi connectivity index (χ1) is 12.7. The van der Waals surface area contributed by atoms with E-state index in [1.807, 2.05) is 22.9 Å². The number of fused-ring (bicyclic) bond motifs is 1. The largest absolute Gasteiger partial charge is 0.370 e. The summed E-state index contributed by atoms with van der Waals surface area (Å²) < 4.78 is 2.01. The lowest BCUT2D eigenvalue weighted by molar-refractivity contribution is 0.780. The van der Waals surface area contributed by atoms with Crippen molar-refractivity contribution in [2.45, 2.75) is 32.6 Å². The summed E-state index contributed by atoms with van der Waals surface area (Å²) in [5.41, 5.74) is 5.39. The van der Waals surface area contributed by atoms with Crippen molar-refractivity contribution < 1.29 is 0 Å². The fourth-order valence-corrected chi connectivity index (χ4v) is 3.84. The minimum Gasteiger partial charge on any atom is -0.370 e. The van der Waals surface area contributed by atoms with Crippen molar-refractivity contribution in [3.63, 3.8) is 0 Å². The van der Waals surface area contributed by atoms with E-state index in [1.165, 1.54) is 11.1 Å². The molecule has 0 amide bonds. The molecule has 0 unspecified atom stereocenters. The summed E-state index contributed by atoms with van der Waals surface area (Å²) in [6.45, 7) is 3.12. The van der Waals surface area contributed by atoms with E-state index in [4.69, 9.17) is 28.3 Å². The summed E-state index contributed by atoms with van der Waals surface area (Å²) in [5, 5.41) is 9.85. The van der Waals surface area contributed by atoms with E-state index in [1.54, 1.807) is 0 Å². The Morgan fingerprint density at radius 2 is 1.88 bits per heavy atom. The van der Waals surface area contributed by atoms with Crippen LogP contribution in [-0.4, -0.2) is 16.3 Å². The monoisotopic (exact) mass is 385 g/mol. The molecule has 26 heavy (non-hydrogen) atoms. The van der Waals surface area contributed by atoms with Gasteiger partial charge in [0, 0.05) is 22.7 Å². The molecule has 2 aromatic carbocycles. The normalized spacial score (nSPS) is 13.8. The molecule has 1 aliphatic rings. The standard InChI is InChI=1S/C21H21Cl2N3/c1-2-14-6-9-16(10-7-14)26-21-17(5-3-4-12-24-21)20(25-26)18-13-15(22)8-11-19(18)23/h6-11,13,24H,2-5,12H2,1H3. The number of nitrogens with one attached hydrogen (secondary N) is 1. The van der Waals surface area contributed by atoms with Gasteiger partial charge in [0.05, 0.1) is 16.4 Å². The van der Waals surface area contributed by atoms with Crippen LogP contribution in [0.3, 0.4) is 0 Å². The van der Waals surface area contributed by atoms with E-state index in [0.29, 0.717) is 10.0 Å². The van der Waals surface area contributed by atoms with Crippen molar-refractivity contribution in [3.8, 4) is 16.9 Å². The minimum atomic E-state index is 0.668. The Balaban J connectivity index is 1.90. The molecule has 0 saturated heterocycles. The maximum absolute atomic E-state index is 6.48. The Labute approximate surface area is 163 Å². The van der Waals surface area contributed by atoms with Crippen LogP contribution in [0.25, 0.3) is 16.9 Å². The maximum atomic E-state index is 6.48. The lowest BCUT2D eigenvalue weighted by Gasteiger charge is -2.09. The fraction of sp³-hybridized carbons (Fsp3) is 0.286. The second kappa shape index (κ2) is 7.34. The van der Waals surface area contributed by atoms with Gasteiger partial charge in [-0.2, -0.15) is 5.10 Å². The van der Waals surface area contributed by atoms with Crippen molar-refractivity contribution in [2.75, 3.05) is 11.9 Å². The van der Waals surface area contributed by atoms with Gasteiger partial charge in [0.25, 0.3) is 0 Å². The summed E-state index contributed by atoms with van der Waals surface area (Å²) in [6, 6.07) is 14.1. The third-order valence-corrected chi connectivity index (χ3v) is 5.47. The van der Waals surface area contributed by atoms with Gasteiger partial charge in [-0.05, 0) is 61.6 Å². The highest BCUT2D eigenvalue weighted by Crippen LogP contribution is 2.38. The maximum Gasteiger partial charge on any atom is 0.133 e. The zero-order valence-electron chi connectivity index (χ0n) is 14.7. The number of hydrogen-bond acceptors (Lipinski definition) is 2. The highest BCUT2D eigenvalue weighted by molar-refractivity contribution is 6.35. The Morgan fingerprint density at radius 1 is 1.08 bits per heavy atom. The summed E-state index contributed by atoms with van der Waals surface area (Å²) in [5.74, 6) is 1.07. The number of aromatic nitrogens is 2. The molecule has 0 atom stereocenters. The van der Waals surface area contributed by atoms with Gasteiger partial charge in [-0.15, -0.1) is 0 Å². The first-order valence-corrected chi connectivity index (χ1v) is 9.83. The zero-order valence-corrected chi connectivity index (χ0v) is 16.2. The van der Waals surface area contributed by atoms with Gasteiger partial charge in [0.1, 0.15) is 5.82 Å². The second-order valence-electron chi connectivity index (χ2n) is 6.62. The number of anilines is 1. The molecule has 0 fully saturated rings. The fourth-order valence-electron chi connectivity index (χ4n) is 3.46. The summed E-state index contributed by atoms with van der Waals surface area (Å²) in [7, 11) is 0. The second-order valence-corrected chi connectivity index (χ2v) is 7.46. The van der Waals surface area contributed by atoms with Crippen molar-refractivity contribution in [1.29, 1.82) is 0 Å². The quantitative estimate of drug-likeness (QED) is 0.585. The summed E-state index contributed by atoms with van der Waals surface area (Å²) in [4.78, 5) is 0. The van der Waals surface area contributed by atoms with Crippen molar-refractivity contribution in [3.05, 3.63) is 63.6 Å². The topological polar surface area (TPSA) is 29.9 Å². The minimum absolute atomic E-state index is 0.668. The Morgan fingerprint density at radius 3 is 2.65 bits per heavy atom. The number of halogens is 2. The number of aryl methyl sites for hydroxylation is 1. The first-order valence-electron chi connectivity index (χ1n) is 9.08. The molecule has 5 heteroatoms. The van der Waals surface area contributed by atoms with Crippen molar-refractivity contribution in [1.82, 2.24) is 9.78 Å². The van der Waals surface area contributed by atoms with E-state index in [9.17, 15) is 0 Å². The Hall–Kier alpha value is -1.97. The van der Waals surface area contributed by atoms with E-state index < -0.39 is 0 Å². The van der Waals surface area contributed by atoms with Crippen LogP contribution in [0.1, 0.15) is 30.9 Å². The van der Waals surface area contributed by atoms with E-state index >= 15 is 0 Å². The van der Waals surface area contributed by atoms with Crippen LogP contribution in [-0.2, 0) is 12.8 Å². The highest BCUT2D eigenvalue weighted by Gasteiger charge is 2.23. The molecule has 3 aromatic rings. The zero-order chi connectivity index (χ0) is 18.1. The highest BCUT2D eigenvalue weighted by atomic mass is 35.5. The molecule has 134 valence electrons. The van der Waals surface area contributed by atoms with Crippen molar-refractivity contribution in [2.24, 2.45) is 0 Å². The Kier molecular flexibility index (Phi) is 4.92. The van der Waals surface area contributed by atoms with Gasteiger partial charge < -0.3 is 5.32 Å². The van der Waals surface area contributed by atoms with Crippen LogP contribution in [0, 0.1) is 0 Å². The molecule has 1 N–H and O–H groups in total. The lowest BCUT2D eigenvalue weighted by Crippen LogP contribution is -2.07. The molecule has 0 spiro atoms. The Bertz CT molecular complexity index is 929. The lowest BCUT2D eigenvalue weighted by atomic mass is 10.0. The van der Waals surface area contributed by atoms with Crippen LogP contribution in [0.4, 0.5) is 5.82 Å². The molecule has 4 rings (SSSR count). The van der Waals surface area contributed by atoms with Crippen LogP contribution in [0.2, 0.25) is 10.0 Å². The van der Waals surface area contributed by atoms with Gasteiger partial charge in [-0.3, -0.25) is 0 Å². The predicted octanol–water partition coefficient (Wildman–Crippen LogP) is 6.16. The van der Waals surface area contributed by atoms with E-state index in [2.05, 4.69) is 36.5 Å². The van der Waals surface area contributed by atoms with Crippen LogP contribution >= 0.6 is 23.2 Å². The first kappa shape index (κ1) is 17.4. The summed E-state index contributed by atoms with van der Waals surface area (Å²) >= 11 is 12.7. The predicted molar refractivity (Wildman–Crippen MR) is 110 cm³/mol. The van der Waals surface area contributed by atoms with E-state index in [0.717, 1.165) is 55.0 Å². The van der Waals surface area contributed by atoms with Crippen molar-refractivity contribution >= 4 is 29.0 Å². The SMILES string of the molecule is CCc1ccc(-n2nc(-c3cc(Cl)ccc3Cl)c3c2NCCCC3)cc1. The van der Waals surface area contributed by atoms with Gasteiger partial charge >= 0.3 is 0 Å². The molecule has 3 nitrogen and oxygen atoms in total. The average molecular weight is 386 g/mol. The molecular weight excluding hydrogens is 365 g/mol. The molecule has 1 aromatic heterocycles. The molecule has 1 aliphatic heterocycles. The smallest absolute Gasteiger partial charge is 0.133 e. The number of hydrogen-bond donors (Lipinski definition) is 1.